The summed E-state index contributed by atoms with van der Waals surface area (Å²) in [5.74, 6) is 0.130. The number of carbonyl (C=O) groups excluding carboxylic acids is 1. The highest BCUT2D eigenvalue weighted by Gasteiger charge is 2.14. The molecular formula is C12H9N5O2. The van der Waals surface area contributed by atoms with Gasteiger partial charge >= 0.3 is 0 Å². The number of aromatic amines is 1. The molecule has 0 fully saturated rings. The summed E-state index contributed by atoms with van der Waals surface area (Å²) < 4.78 is 5.12. The third-order valence-electron chi connectivity index (χ3n) is 2.44. The van der Waals surface area contributed by atoms with Crippen molar-refractivity contribution in [2.45, 2.75) is 0 Å². The van der Waals surface area contributed by atoms with Gasteiger partial charge in [0.05, 0.1) is 11.9 Å². The monoisotopic (exact) mass is 255 g/mol. The van der Waals surface area contributed by atoms with E-state index >= 15 is 0 Å². The highest BCUT2D eigenvalue weighted by atomic mass is 16.5. The summed E-state index contributed by atoms with van der Waals surface area (Å²) >= 11 is 0. The molecule has 0 aliphatic carbocycles. The number of rotatable bonds is 3. The summed E-state index contributed by atoms with van der Waals surface area (Å²) in [5, 5.41) is 12.7. The van der Waals surface area contributed by atoms with Crippen molar-refractivity contribution in [1.82, 2.24) is 20.3 Å². The molecule has 0 aliphatic rings. The number of hydrogen-bond acceptors (Lipinski definition) is 5. The maximum absolute atomic E-state index is 11.9. The number of nitrogens with zero attached hydrogens (tertiary/aromatic N) is 3. The number of pyridine rings is 1. The first-order chi connectivity index (χ1) is 9.33. The van der Waals surface area contributed by atoms with Crippen molar-refractivity contribution in [3.05, 3.63) is 48.7 Å². The maximum atomic E-state index is 11.9. The van der Waals surface area contributed by atoms with Gasteiger partial charge in [-0.2, -0.15) is 5.10 Å². The van der Waals surface area contributed by atoms with E-state index in [1.807, 2.05) is 6.07 Å². The Hall–Kier alpha value is -2.96. The fraction of sp³-hybridized carbons (Fsp3) is 0. The van der Waals surface area contributed by atoms with Crippen LogP contribution in [-0.4, -0.2) is 26.2 Å². The van der Waals surface area contributed by atoms with Gasteiger partial charge in [0.1, 0.15) is 0 Å². The number of H-pyrrole nitrogens is 1. The second-order valence-corrected chi connectivity index (χ2v) is 3.76. The molecule has 94 valence electrons. The third-order valence-corrected chi connectivity index (χ3v) is 2.44. The van der Waals surface area contributed by atoms with E-state index in [1.54, 1.807) is 30.7 Å². The quantitative estimate of drug-likeness (QED) is 0.742. The Balaban J connectivity index is 1.80. The van der Waals surface area contributed by atoms with Crippen LogP contribution in [0.4, 0.5) is 5.69 Å². The molecule has 19 heavy (non-hydrogen) atoms. The maximum Gasteiger partial charge on any atom is 0.277 e. The van der Waals surface area contributed by atoms with Crippen LogP contribution in [-0.2, 0) is 0 Å². The second kappa shape index (κ2) is 4.73. The number of carbonyl (C=O) groups is 1. The third kappa shape index (κ3) is 2.34. The van der Waals surface area contributed by atoms with Crippen LogP contribution in [0.1, 0.15) is 10.5 Å². The molecule has 0 aromatic carbocycles. The van der Waals surface area contributed by atoms with Gasteiger partial charge in [-0.05, 0) is 12.1 Å². The van der Waals surface area contributed by atoms with Crippen LogP contribution in [0.2, 0.25) is 0 Å². The van der Waals surface area contributed by atoms with E-state index in [4.69, 9.17) is 4.52 Å². The fourth-order valence-corrected chi connectivity index (χ4v) is 1.54. The summed E-state index contributed by atoms with van der Waals surface area (Å²) in [4.78, 5) is 15.8. The zero-order chi connectivity index (χ0) is 13.1. The highest BCUT2D eigenvalue weighted by molar-refractivity contribution is 6.03. The minimum Gasteiger partial charge on any atom is -0.355 e. The normalized spacial score (nSPS) is 10.3. The molecule has 0 spiro atoms. The second-order valence-electron chi connectivity index (χ2n) is 3.76. The van der Waals surface area contributed by atoms with Gasteiger partial charge < -0.3 is 9.84 Å². The first-order valence-corrected chi connectivity index (χ1v) is 5.50. The molecule has 7 nitrogen and oxygen atoms in total. The van der Waals surface area contributed by atoms with Crippen molar-refractivity contribution in [1.29, 1.82) is 0 Å². The van der Waals surface area contributed by atoms with Gasteiger partial charge in [-0.25, -0.2) is 0 Å². The Labute approximate surface area is 107 Å². The number of aromatic nitrogens is 4. The predicted molar refractivity (Wildman–Crippen MR) is 66.3 cm³/mol. The Kier molecular flexibility index (Phi) is 2.77. The smallest absolute Gasteiger partial charge is 0.277 e. The van der Waals surface area contributed by atoms with Crippen molar-refractivity contribution in [3.63, 3.8) is 0 Å². The van der Waals surface area contributed by atoms with Gasteiger partial charge in [-0.1, -0.05) is 5.16 Å². The molecular weight excluding hydrogens is 246 g/mol. The van der Waals surface area contributed by atoms with E-state index in [-0.39, 0.29) is 11.6 Å². The number of anilines is 1. The molecule has 0 saturated carbocycles. The Bertz CT molecular complexity index is 675. The molecule has 7 heteroatoms. The van der Waals surface area contributed by atoms with Gasteiger partial charge in [-0.3, -0.25) is 14.9 Å². The van der Waals surface area contributed by atoms with Crippen LogP contribution in [0.25, 0.3) is 11.3 Å². The number of nitrogens with one attached hydrogen (secondary N) is 2. The van der Waals surface area contributed by atoms with Crippen LogP contribution in [0.3, 0.4) is 0 Å². The van der Waals surface area contributed by atoms with Gasteiger partial charge in [0.25, 0.3) is 5.91 Å². The molecule has 0 aliphatic heterocycles. The van der Waals surface area contributed by atoms with Crippen molar-refractivity contribution in [3.8, 4) is 11.3 Å². The van der Waals surface area contributed by atoms with Crippen molar-refractivity contribution in [2.75, 3.05) is 5.32 Å². The Morgan fingerprint density at radius 1 is 1.37 bits per heavy atom. The summed E-state index contributed by atoms with van der Waals surface area (Å²) in [7, 11) is 0. The van der Waals surface area contributed by atoms with Crippen LogP contribution >= 0.6 is 0 Å². The standard InChI is InChI=1S/C12H9N5O2/c18-12(16-9-6-14-15-7-9)10-4-11(19-17-10)8-2-1-3-13-5-8/h1-7H,(H,14,15)(H,16,18). The van der Waals surface area contributed by atoms with Crippen LogP contribution in [0.5, 0.6) is 0 Å². The lowest BCUT2D eigenvalue weighted by Gasteiger charge is -1.96. The summed E-state index contributed by atoms with van der Waals surface area (Å²) in [6.45, 7) is 0. The first kappa shape index (κ1) is 11.1. The van der Waals surface area contributed by atoms with E-state index in [1.165, 1.54) is 6.20 Å². The van der Waals surface area contributed by atoms with Crippen LogP contribution < -0.4 is 5.32 Å². The average Bonchev–Trinajstić information content (AvgIpc) is 3.10. The van der Waals surface area contributed by atoms with Crippen LogP contribution in [0, 0.1) is 0 Å². The molecule has 3 heterocycles. The molecule has 1 amide bonds. The predicted octanol–water partition coefficient (Wildman–Crippen LogP) is 1.71. The van der Waals surface area contributed by atoms with Crippen molar-refractivity contribution >= 4 is 11.6 Å². The number of amides is 1. The zero-order valence-electron chi connectivity index (χ0n) is 9.70. The summed E-state index contributed by atoms with van der Waals surface area (Å²) in [6.07, 6.45) is 6.37. The van der Waals surface area contributed by atoms with Gasteiger partial charge in [0, 0.05) is 30.2 Å². The zero-order valence-corrected chi connectivity index (χ0v) is 9.70. The van der Waals surface area contributed by atoms with Gasteiger partial charge in [-0.15, -0.1) is 0 Å². The molecule has 0 radical (unpaired) electrons. The fourth-order valence-electron chi connectivity index (χ4n) is 1.54. The molecule has 3 rings (SSSR count). The van der Waals surface area contributed by atoms with Gasteiger partial charge in [0.15, 0.2) is 11.5 Å². The summed E-state index contributed by atoms with van der Waals surface area (Å²) in [6, 6.07) is 5.17. The topological polar surface area (TPSA) is 96.7 Å². The highest BCUT2D eigenvalue weighted by Crippen LogP contribution is 2.19. The van der Waals surface area contributed by atoms with Crippen molar-refractivity contribution in [2.24, 2.45) is 0 Å². The average molecular weight is 255 g/mol. The number of hydrogen-bond donors (Lipinski definition) is 2. The molecule has 3 aromatic heterocycles. The first-order valence-electron chi connectivity index (χ1n) is 5.50. The Morgan fingerprint density at radius 2 is 2.32 bits per heavy atom. The SMILES string of the molecule is O=C(Nc1cn[nH]c1)c1cc(-c2cccnc2)on1. The Morgan fingerprint density at radius 3 is 3.05 bits per heavy atom. The van der Waals surface area contributed by atoms with E-state index < -0.39 is 0 Å². The molecule has 2 N–H and O–H groups in total. The van der Waals surface area contributed by atoms with Crippen molar-refractivity contribution < 1.29 is 9.32 Å². The lowest BCUT2D eigenvalue weighted by molar-refractivity contribution is 0.101. The largest absolute Gasteiger partial charge is 0.355 e. The minimum absolute atomic E-state index is 0.194. The van der Waals surface area contributed by atoms with E-state index in [0.717, 1.165) is 5.56 Å². The van der Waals surface area contributed by atoms with E-state index in [9.17, 15) is 4.79 Å². The molecule has 0 bridgehead atoms. The lowest BCUT2D eigenvalue weighted by atomic mass is 10.2. The van der Waals surface area contributed by atoms with Gasteiger partial charge in [0.2, 0.25) is 0 Å². The van der Waals surface area contributed by atoms with Crippen LogP contribution in [0.15, 0.2) is 47.5 Å². The molecule has 0 unspecified atom stereocenters. The lowest BCUT2D eigenvalue weighted by Crippen LogP contribution is -2.11. The molecule has 0 saturated heterocycles. The van der Waals surface area contributed by atoms with E-state index in [0.29, 0.717) is 11.4 Å². The van der Waals surface area contributed by atoms with E-state index in [2.05, 4.69) is 25.7 Å². The summed E-state index contributed by atoms with van der Waals surface area (Å²) in [5.41, 5.74) is 1.52. The molecule has 0 atom stereocenters. The molecule has 3 aromatic rings. The minimum atomic E-state index is -0.361.